The van der Waals surface area contributed by atoms with Gasteiger partial charge < -0.3 is 4.74 Å². The Hall–Kier alpha value is -2.34. The second-order valence-electron chi connectivity index (χ2n) is 6.80. The largest absolute Gasteiger partial charge is 0.444 e. The van der Waals surface area contributed by atoms with Gasteiger partial charge in [0.25, 0.3) is 0 Å². The molecule has 0 aromatic heterocycles. The lowest BCUT2D eigenvalue weighted by Gasteiger charge is -2.20. The Morgan fingerprint density at radius 1 is 1.23 bits per heavy atom. The summed E-state index contributed by atoms with van der Waals surface area (Å²) < 4.78 is 19.7. The number of hydrogen-bond acceptors (Lipinski definition) is 4. The van der Waals surface area contributed by atoms with E-state index in [9.17, 15) is 14.0 Å². The average molecular weight is 375 g/mol. The molecule has 0 saturated heterocycles. The van der Waals surface area contributed by atoms with Crippen LogP contribution in [0.5, 0.6) is 0 Å². The first kappa shape index (κ1) is 20.0. The van der Waals surface area contributed by atoms with Gasteiger partial charge in [-0.05, 0) is 51.0 Å². The molecule has 1 N–H and O–H groups in total. The summed E-state index contributed by atoms with van der Waals surface area (Å²) >= 11 is 1.27. The number of thioether (sulfide) groups is 1. The monoisotopic (exact) mass is 375 g/mol. The number of aldehydes is 1. The zero-order valence-corrected chi connectivity index (χ0v) is 16.1. The van der Waals surface area contributed by atoms with Crippen molar-refractivity contribution in [2.45, 2.75) is 43.9 Å². The molecule has 0 saturated carbocycles. The van der Waals surface area contributed by atoms with Crippen molar-refractivity contribution in [3.8, 4) is 0 Å². The number of rotatable bonds is 5. The zero-order valence-electron chi connectivity index (χ0n) is 15.3. The highest BCUT2D eigenvalue weighted by Crippen LogP contribution is 2.30. The summed E-state index contributed by atoms with van der Waals surface area (Å²) in [7, 11) is 0. The van der Waals surface area contributed by atoms with Crippen molar-refractivity contribution in [2.24, 2.45) is 0 Å². The summed E-state index contributed by atoms with van der Waals surface area (Å²) in [6, 6.07) is 10.6. The highest BCUT2D eigenvalue weighted by Gasteiger charge is 2.17. The summed E-state index contributed by atoms with van der Waals surface area (Å²) in [5, 5.41) is 2.73. The fraction of sp³-hybridized carbons (Fsp3) is 0.300. The lowest BCUT2D eigenvalue weighted by molar-refractivity contribution is 0.0635. The van der Waals surface area contributed by atoms with Gasteiger partial charge in [0.15, 0.2) is 6.29 Å². The van der Waals surface area contributed by atoms with Gasteiger partial charge in [0, 0.05) is 16.3 Å². The van der Waals surface area contributed by atoms with E-state index in [-0.39, 0.29) is 5.56 Å². The normalized spacial score (nSPS) is 11.1. The van der Waals surface area contributed by atoms with E-state index in [2.05, 4.69) is 5.32 Å². The van der Waals surface area contributed by atoms with Gasteiger partial charge in [0.1, 0.15) is 11.4 Å². The molecule has 6 heteroatoms. The molecule has 1 amide bonds. The first-order valence-corrected chi connectivity index (χ1v) is 9.15. The second kappa shape index (κ2) is 8.36. The molecule has 0 atom stereocenters. The fourth-order valence-corrected chi connectivity index (χ4v) is 3.23. The summed E-state index contributed by atoms with van der Waals surface area (Å²) in [6.45, 7) is 7.07. The molecule has 0 radical (unpaired) electrons. The number of nitrogens with one attached hydrogen (secondary N) is 1. The third-order valence-corrected chi connectivity index (χ3v) is 4.60. The van der Waals surface area contributed by atoms with Crippen LogP contribution in [0.3, 0.4) is 0 Å². The van der Waals surface area contributed by atoms with Crippen molar-refractivity contribution in [1.82, 2.24) is 0 Å². The van der Waals surface area contributed by atoms with Crippen LogP contribution in [0, 0.1) is 12.7 Å². The number of hydrogen-bond donors (Lipinski definition) is 1. The third kappa shape index (κ3) is 5.33. The van der Waals surface area contributed by atoms with Crippen molar-refractivity contribution < 1.29 is 18.7 Å². The van der Waals surface area contributed by atoms with Crippen molar-refractivity contribution in [2.75, 3.05) is 5.32 Å². The molecular formula is C20H22FNO3S. The molecule has 0 bridgehead atoms. The van der Waals surface area contributed by atoms with Crippen LogP contribution in [-0.2, 0) is 10.5 Å². The number of aryl methyl sites for hydroxylation is 1. The Labute approximate surface area is 157 Å². The first-order chi connectivity index (χ1) is 12.2. The Bertz CT molecular complexity index is 815. The number of halogens is 1. The molecule has 4 nitrogen and oxygen atoms in total. The van der Waals surface area contributed by atoms with Gasteiger partial charge in [0.2, 0.25) is 0 Å². The molecule has 0 fully saturated rings. The summed E-state index contributed by atoms with van der Waals surface area (Å²) in [5.41, 5.74) is 1.53. The fourth-order valence-electron chi connectivity index (χ4n) is 2.26. The van der Waals surface area contributed by atoms with Gasteiger partial charge >= 0.3 is 6.09 Å². The maximum atomic E-state index is 14.4. The molecule has 26 heavy (non-hydrogen) atoms. The lowest BCUT2D eigenvalue weighted by Crippen LogP contribution is -2.27. The van der Waals surface area contributed by atoms with Gasteiger partial charge in [-0.3, -0.25) is 10.1 Å². The maximum Gasteiger partial charge on any atom is 0.412 e. The smallest absolute Gasteiger partial charge is 0.412 e. The number of benzene rings is 2. The minimum Gasteiger partial charge on any atom is -0.444 e. The number of amides is 1. The molecule has 0 spiro atoms. The highest BCUT2D eigenvalue weighted by molar-refractivity contribution is 7.98. The van der Waals surface area contributed by atoms with Crippen LogP contribution in [-0.4, -0.2) is 18.0 Å². The molecule has 0 unspecified atom stereocenters. The summed E-state index contributed by atoms with van der Waals surface area (Å²) in [6.07, 6.45) is -0.00748. The quantitative estimate of drug-likeness (QED) is 0.547. The standard InChI is InChI=1S/C20H22FNO3S/c1-13-9-10-17(18(21)15(13)11-23)26-12-14-7-5-6-8-16(14)22-19(24)25-20(2,3)4/h5-11H,12H2,1-4H3,(H,22,24). The number of carbonyl (C=O) groups is 2. The van der Waals surface area contributed by atoms with Crippen LogP contribution in [0.2, 0.25) is 0 Å². The predicted molar refractivity (Wildman–Crippen MR) is 102 cm³/mol. The summed E-state index contributed by atoms with van der Waals surface area (Å²) in [4.78, 5) is 23.4. The van der Waals surface area contributed by atoms with Crippen molar-refractivity contribution in [1.29, 1.82) is 0 Å². The van der Waals surface area contributed by atoms with E-state index in [1.807, 2.05) is 12.1 Å². The van der Waals surface area contributed by atoms with Gasteiger partial charge in [-0.2, -0.15) is 0 Å². The van der Waals surface area contributed by atoms with E-state index in [0.717, 1.165) is 5.56 Å². The molecular weight excluding hydrogens is 353 g/mol. The Morgan fingerprint density at radius 2 is 1.92 bits per heavy atom. The van der Waals surface area contributed by atoms with E-state index in [0.29, 0.717) is 28.2 Å². The number of ether oxygens (including phenoxy) is 1. The van der Waals surface area contributed by atoms with Gasteiger partial charge in [0.05, 0.1) is 5.56 Å². The van der Waals surface area contributed by atoms with Crippen LogP contribution in [0.4, 0.5) is 14.9 Å². The van der Waals surface area contributed by atoms with Crippen molar-refractivity contribution in [3.05, 3.63) is 58.9 Å². The van der Waals surface area contributed by atoms with Crippen LogP contribution in [0.1, 0.15) is 42.3 Å². The average Bonchev–Trinajstić information content (AvgIpc) is 2.54. The Morgan fingerprint density at radius 3 is 2.58 bits per heavy atom. The number of anilines is 1. The van der Waals surface area contributed by atoms with E-state index < -0.39 is 17.5 Å². The predicted octanol–water partition coefficient (Wildman–Crippen LogP) is 5.59. The number of carbonyl (C=O) groups excluding carboxylic acids is 2. The lowest BCUT2D eigenvalue weighted by atomic mass is 10.1. The van der Waals surface area contributed by atoms with E-state index in [4.69, 9.17) is 4.74 Å². The van der Waals surface area contributed by atoms with Gasteiger partial charge in [-0.15, -0.1) is 11.8 Å². The van der Waals surface area contributed by atoms with E-state index >= 15 is 0 Å². The molecule has 138 valence electrons. The molecule has 2 aromatic carbocycles. The Kier molecular flexibility index (Phi) is 6.42. The second-order valence-corrected chi connectivity index (χ2v) is 7.82. The van der Waals surface area contributed by atoms with Crippen LogP contribution in [0.15, 0.2) is 41.3 Å². The molecule has 0 aliphatic carbocycles. The van der Waals surface area contributed by atoms with Gasteiger partial charge in [-0.1, -0.05) is 24.3 Å². The first-order valence-electron chi connectivity index (χ1n) is 8.16. The molecule has 0 aliphatic rings. The topological polar surface area (TPSA) is 55.4 Å². The minimum absolute atomic E-state index is 0.0789. The molecule has 0 aliphatic heterocycles. The number of para-hydroxylation sites is 1. The van der Waals surface area contributed by atoms with Crippen LogP contribution in [0.25, 0.3) is 0 Å². The summed E-state index contributed by atoms with van der Waals surface area (Å²) in [5.74, 6) is -0.0767. The van der Waals surface area contributed by atoms with Gasteiger partial charge in [-0.25, -0.2) is 9.18 Å². The zero-order chi connectivity index (χ0) is 19.3. The minimum atomic E-state index is -0.593. The van der Waals surface area contributed by atoms with E-state index in [1.54, 1.807) is 52.0 Å². The van der Waals surface area contributed by atoms with Crippen molar-refractivity contribution >= 4 is 29.8 Å². The van der Waals surface area contributed by atoms with Crippen LogP contribution >= 0.6 is 11.8 Å². The third-order valence-electron chi connectivity index (χ3n) is 3.52. The Balaban J connectivity index is 2.14. The molecule has 0 heterocycles. The van der Waals surface area contributed by atoms with E-state index in [1.165, 1.54) is 11.8 Å². The molecule has 2 aromatic rings. The maximum absolute atomic E-state index is 14.4. The van der Waals surface area contributed by atoms with Crippen LogP contribution < -0.4 is 5.32 Å². The van der Waals surface area contributed by atoms with Crippen molar-refractivity contribution in [3.63, 3.8) is 0 Å². The SMILES string of the molecule is Cc1ccc(SCc2ccccc2NC(=O)OC(C)(C)C)c(F)c1C=O. The molecule has 2 rings (SSSR count). The highest BCUT2D eigenvalue weighted by atomic mass is 32.2.